The number of carboxylic acids is 1. The van der Waals surface area contributed by atoms with Gasteiger partial charge in [-0.15, -0.1) is 11.3 Å². The van der Waals surface area contributed by atoms with Crippen LogP contribution in [0.15, 0.2) is 0 Å². The van der Waals surface area contributed by atoms with Crippen LogP contribution in [0.2, 0.25) is 0 Å². The van der Waals surface area contributed by atoms with Crippen LogP contribution in [0.3, 0.4) is 0 Å². The van der Waals surface area contributed by atoms with Gasteiger partial charge in [0.25, 0.3) is 0 Å². The van der Waals surface area contributed by atoms with Crippen molar-refractivity contribution in [3.63, 3.8) is 0 Å². The Morgan fingerprint density at radius 3 is 2.88 bits per heavy atom. The van der Waals surface area contributed by atoms with Gasteiger partial charge in [0.2, 0.25) is 5.01 Å². The van der Waals surface area contributed by atoms with Gasteiger partial charge in [-0.3, -0.25) is 0 Å². The van der Waals surface area contributed by atoms with Gasteiger partial charge >= 0.3 is 24.8 Å². The van der Waals surface area contributed by atoms with Crippen molar-refractivity contribution in [3.05, 3.63) is 15.6 Å². The summed E-state index contributed by atoms with van der Waals surface area (Å²) in [5.74, 6) is -0.907. The van der Waals surface area contributed by atoms with E-state index in [-0.39, 0.29) is 25.3 Å². The van der Waals surface area contributed by atoms with Crippen LogP contribution in [0.25, 0.3) is 0 Å². The van der Waals surface area contributed by atoms with Crippen LogP contribution in [0.1, 0.15) is 28.2 Å². The number of thiazole rings is 1. The third-order valence-corrected chi connectivity index (χ3v) is 3.97. The van der Waals surface area contributed by atoms with Gasteiger partial charge in [-0.25, -0.2) is 9.78 Å². The zero-order chi connectivity index (χ0) is 11.0. The maximum absolute atomic E-state index is 10.8. The molecule has 0 aromatic carbocycles. The third kappa shape index (κ3) is 2.66. The predicted molar refractivity (Wildman–Crippen MR) is 59.7 cm³/mol. The van der Waals surface area contributed by atoms with Gasteiger partial charge in [0, 0.05) is 17.3 Å². The second kappa shape index (κ2) is 5.33. The summed E-state index contributed by atoms with van der Waals surface area (Å²) in [6, 6.07) is 0.501. The van der Waals surface area contributed by atoms with Gasteiger partial charge in [-0.1, -0.05) is 0 Å². The summed E-state index contributed by atoms with van der Waals surface area (Å²) in [7, 11) is 4.11. The first kappa shape index (κ1) is 13.7. The third-order valence-electron chi connectivity index (χ3n) is 2.83. The molecule has 1 atom stereocenters. The zero-order valence-electron chi connectivity index (χ0n) is 10.9. The van der Waals surface area contributed by atoms with Gasteiger partial charge in [-0.05, 0) is 26.9 Å². The number of hydrogen-bond acceptors (Lipinski definition) is 4. The molecule has 16 heavy (non-hydrogen) atoms. The summed E-state index contributed by atoms with van der Waals surface area (Å²) in [5, 5.41) is 9.08. The number of nitrogens with zero attached hydrogens (tertiary/aromatic N) is 2. The quantitative estimate of drug-likeness (QED) is 0.625. The number of carboxylic acid groups (broad SMARTS) is 1. The fraction of sp³-hybridized carbons (Fsp3) is 0.600. The van der Waals surface area contributed by atoms with Crippen molar-refractivity contribution in [2.75, 3.05) is 14.1 Å². The molecule has 1 aromatic rings. The average molecular weight is 234 g/mol. The first-order valence-corrected chi connectivity index (χ1v) is 5.78. The normalized spacial score (nSPS) is 19.1. The fourth-order valence-corrected chi connectivity index (χ4v) is 2.84. The van der Waals surface area contributed by atoms with Crippen LogP contribution in [-0.2, 0) is 12.8 Å². The van der Waals surface area contributed by atoms with Crippen molar-refractivity contribution in [2.45, 2.75) is 25.3 Å². The number of aromatic nitrogens is 1. The molecule has 84 valence electrons. The number of rotatable bonds is 2. The Bertz CT molecular complexity index is 398. The minimum Gasteiger partial charge on any atom is -1.00 e. The summed E-state index contributed by atoms with van der Waals surface area (Å²) in [4.78, 5) is 18.3. The van der Waals surface area contributed by atoms with Gasteiger partial charge in [-0.2, -0.15) is 0 Å². The van der Waals surface area contributed by atoms with E-state index in [0.29, 0.717) is 6.04 Å². The van der Waals surface area contributed by atoms with E-state index in [1.807, 2.05) is 0 Å². The van der Waals surface area contributed by atoms with Crippen molar-refractivity contribution in [3.8, 4) is 0 Å². The molecule has 2 rings (SSSR count). The Morgan fingerprint density at radius 1 is 1.62 bits per heavy atom. The van der Waals surface area contributed by atoms with E-state index in [1.54, 1.807) is 0 Å². The van der Waals surface area contributed by atoms with E-state index in [0.717, 1.165) is 29.8 Å². The SMILES string of the molecule is CN(C)C1CCc2sc(C(=O)O)nc2C1.[H-].[Li+]. The summed E-state index contributed by atoms with van der Waals surface area (Å²) in [6.45, 7) is 0. The number of aryl methyl sites for hydroxylation is 1. The number of likely N-dealkylation sites (N-methyl/N-ethyl adjacent to an activating group) is 1. The molecule has 0 bridgehead atoms. The van der Waals surface area contributed by atoms with E-state index in [2.05, 4.69) is 24.0 Å². The zero-order valence-corrected chi connectivity index (χ0v) is 10.7. The molecule has 0 amide bonds. The summed E-state index contributed by atoms with van der Waals surface area (Å²) >= 11 is 1.33. The van der Waals surface area contributed by atoms with E-state index in [4.69, 9.17) is 5.11 Å². The molecule has 0 aliphatic heterocycles. The van der Waals surface area contributed by atoms with Crippen molar-refractivity contribution in [1.82, 2.24) is 9.88 Å². The van der Waals surface area contributed by atoms with E-state index < -0.39 is 5.97 Å². The Morgan fingerprint density at radius 2 is 2.31 bits per heavy atom. The smallest absolute Gasteiger partial charge is 1.00 e. The Kier molecular flexibility index (Phi) is 4.57. The first-order valence-electron chi connectivity index (χ1n) is 4.96. The van der Waals surface area contributed by atoms with Gasteiger partial charge < -0.3 is 11.4 Å². The topological polar surface area (TPSA) is 53.4 Å². The van der Waals surface area contributed by atoms with E-state index >= 15 is 0 Å². The fourth-order valence-electron chi connectivity index (χ4n) is 1.89. The first-order chi connectivity index (χ1) is 7.08. The van der Waals surface area contributed by atoms with E-state index in [9.17, 15) is 4.79 Å². The Hall–Kier alpha value is -0.343. The van der Waals surface area contributed by atoms with Crippen molar-refractivity contribution < 1.29 is 30.2 Å². The second-order valence-corrected chi connectivity index (χ2v) is 5.14. The van der Waals surface area contributed by atoms with Crippen LogP contribution in [0, 0.1) is 0 Å². The van der Waals surface area contributed by atoms with Crippen molar-refractivity contribution >= 4 is 17.3 Å². The van der Waals surface area contributed by atoms with Gasteiger partial charge in [0.05, 0.1) is 5.69 Å². The molecule has 0 radical (unpaired) electrons. The minimum atomic E-state index is -0.907. The van der Waals surface area contributed by atoms with Crippen molar-refractivity contribution in [2.24, 2.45) is 0 Å². The largest absolute Gasteiger partial charge is 1.00 e. The van der Waals surface area contributed by atoms with Crippen LogP contribution in [0.5, 0.6) is 0 Å². The van der Waals surface area contributed by atoms with Crippen LogP contribution < -0.4 is 18.9 Å². The number of carbonyl (C=O) groups is 1. The molecule has 1 aliphatic rings. The molecule has 4 nitrogen and oxygen atoms in total. The summed E-state index contributed by atoms with van der Waals surface area (Å²) in [6.07, 6.45) is 2.94. The van der Waals surface area contributed by atoms with Gasteiger partial charge in [0.15, 0.2) is 0 Å². The van der Waals surface area contributed by atoms with Crippen LogP contribution in [0.4, 0.5) is 0 Å². The van der Waals surface area contributed by atoms with E-state index in [1.165, 1.54) is 11.3 Å². The summed E-state index contributed by atoms with van der Waals surface area (Å²) in [5.41, 5.74) is 0.988. The number of fused-ring (bicyclic) bond motifs is 1. The van der Waals surface area contributed by atoms with Crippen LogP contribution >= 0.6 is 11.3 Å². The summed E-state index contributed by atoms with van der Waals surface area (Å²) < 4.78 is 0. The molecule has 1 aliphatic carbocycles. The molecule has 1 N–H and O–H groups in total. The average Bonchev–Trinajstić information content (AvgIpc) is 2.59. The Balaban J connectivity index is 0.00000128. The minimum absolute atomic E-state index is 0. The molecule has 1 unspecified atom stereocenters. The Labute approximate surface area is 112 Å². The molecule has 0 saturated heterocycles. The monoisotopic (exact) mass is 234 g/mol. The molecule has 6 heteroatoms. The molecule has 0 fully saturated rings. The number of hydrogen-bond donors (Lipinski definition) is 1. The molecule has 1 heterocycles. The predicted octanol–water partition coefficient (Wildman–Crippen LogP) is -1.62. The number of aromatic carboxylic acids is 1. The second-order valence-electron chi connectivity index (χ2n) is 4.05. The molecule has 0 saturated carbocycles. The molecule has 1 aromatic heterocycles. The standard InChI is InChI=1S/C10H14N2O2S.Li.H/c1-12(2)6-3-4-8-7(5-6)11-9(15-8)10(13)14;;/h6H,3-5H2,1-2H3,(H,13,14);;/q;+1;-1. The molecular formula is C10H15LiN2O2S. The van der Waals surface area contributed by atoms with Crippen molar-refractivity contribution in [1.29, 1.82) is 0 Å². The van der Waals surface area contributed by atoms with Crippen LogP contribution in [-0.4, -0.2) is 41.1 Å². The molecule has 0 spiro atoms. The maximum Gasteiger partial charge on any atom is 1.00 e. The molecular weight excluding hydrogens is 219 g/mol. The maximum atomic E-state index is 10.8. The van der Waals surface area contributed by atoms with Gasteiger partial charge in [0.1, 0.15) is 0 Å².